The van der Waals surface area contributed by atoms with Crippen molar-refractivity contribution in [3.05, 3.63) is 48.0 Å². The number of anilines is 2. The molecule has 0 aliphatic heterocycles. The van der Waals surface area contributed by atoms with Crippen LogP contribution in [0.2, 0.25) is 0 Å². The van der Waals surface area contributed by atoms with Crippen LogP contribution in [0.5, 0.6) is 0 Å². The summed E-state index contributed by atoms with van der Waals surface area (Å²) in [5.74, 6) is 1.33. The Hall–Kier alpha value is -2.17. The first-order chi connectivity index (χ1) is 10.8. The molecule has 116 valence electrons. The van der Waals surface area contributed by atoms with E-state index in [2.05, 4.69) is 20.6 Å². The minimum atomic E-state index is -0.204. The van der Waals surface area contributed by atoms with Gasteiger partial charge in [0.2, 0.25) is 0 Å². The third kappa shape index (κ3) is 3.93. The van der Waals surface area contributed by atoms with Gasteiger partial charge in [-0.3, -0.25) is 0 Å². The zero-order valence-corrected chi connectivity index (χ0v) is 12.6. The van der Waals surface area contributed by atoms with Gasteiger partial charge in [0.25, 0.3) is 0 Å². The van der Waals surface area contributed by atoms with E-state index in [4.69, 9.17) is 0 Å². The highest BCUT2D eigenvalue weighted by Crippen LogP contribution is 2.21. The van der Waals surface area contributed by atoms with E-state index in [0.29, 0.717) is 24.0 Å². The molecule has 0 spiro atoms. The van der Waals surface area contributed by atoms with Gasteiger partial charge in [-0.25, -0.2) is 14.4 Å². The maximum absolute atomic E-state index is 13.6. The molecule has 2 aromatic rings. The minimum Gasteiger partial charge on any atom is -0.367 e. The van der Waals surface area contributed by atoms with E-state index in [9.17, 15) is 4.39 Å². The first kappa shape index (κ1) is 14.8. The number of halogens is 1. The lowest BCUT2D eigenvalue weighted by atomic mass is 9.95. The summed E-state index contributed by atoms with van der Waals surface area (Å²) in [6.45, 7) is 0.409. The van der Waals surface area contributed by atoms with Crippen molar-refractivity contribution in [1.29, 1.82) is 0 Å². The van der Waals surface area contributed by atoms with E-state index >= 15 is 0 Å². The smallest absolute Gasteiger partial charge is 0.131 e. The van der Waals surface area contributed by atoms with Crippen LogP contribution in [0, 0.1) is 5.82 Å². The maximum Gasteiger partial charge on any atom is 0.131 e. The van der Waals surface area contributed by atoms with Gasteiger partial charge in [-0.2, -0.15) is 0 Å². The zero-order valence-electron chi connectivity index (χ0n) is 12.6. The van der Waals surface area contributed by atoms with Crippen LogP contribution in [0.25, 0.3) is 0 Å². The molecule has 1 aromatic carbocycles. The third-order valence-corrected chi connectivity index (χ3v) is 4.04. The molecule has 4 nitrogen and oxygen atoms in total. The van der Waals surface area contributed by atoms with Crippen LogP contribution < -0.4 is 10.6 Å². The van der Waals surface area contributed by atoms with Crippen LogP contribution in [0.4, 0.5) is 16.0 Å². The van der Waals surface area contributed by atoms with Gasteiger partial charge in [-0.15, -0.1) is 0 Å². The molecule has 1 aliphatic carbocycles. The van der Waals surface area contributed by atoms with Crippen molar-refractivity contribution in [2.75, 3.05) is 10.6 Å². The molecule has 0 amide bonds. The lowest BCUT2D eigenvalue weighted by Crippen LogP contribution is -2.22. The molecule has 5 heteroatoms. The Bertz CT molecular complexity index is 611. The summed E-state index contributed by atoms with van der Waals surface area (Å²) in [4.78, 5) is 8.46. The molecule has 1 fully saturated rings. The molecule has 0 bridgehead atoms. The fourth-order valence-electron chi connectivity index (χ4n) is 2.82. The number of benzene rings is 1. The summed E-state index contributed by atoms with van der Waals surface area (Å²) in [5, 5.41) is 6.61. The molecule has 1 heterocycles. The van der Waals surface area contributed by atoms with Crippen molar-refractivity contribution in [1.82, 2.24) is 9.97 Å². The van der Waals surface area contributed by atoms with Crippen LogP contribution >= 0.6 is 0 Å². The highest BCUT2D eigenvalue weighted by atomic mass is 19.1. The molecular weight excluding hydrogens is 279 g/mol. The molecule has 0 atom stereocenters. The first-order valence-electron chi connectivity index (χ1n) is 7.87. The lowest BCUT2D eigenvalue weighted by Gasteiger charge is -2.23. The van der Waals surface area contributed by atoms with Crippen LogP contribution in [-0.4, -0.2) is 16.0 Å². The fourth-order valence-corrected chi connectivity index (χ4v) is 2.82. The minimum absolute atomic E-state index is 0.204. The molecule has 1 aromatic heterocycles. The molecule has 0 saturated heterocycles. The summed E-state index contributed by atoms with van der Waals surface area (Å²) in [7, 11) is 0. The predicted molar refractivity (Wildman–Crippen MR) is 86.3 cm³/mol. The van der Waals surface area contributed by atoms with Crippen LogP contribution in [-0.2, 0) is 6.54 Å². The second kappa shape index (κ2) is 7.20. The standard InChI is InChI=1S/C17H21FN4/c18-15-9-5-4-6-13(15)11-19-16-10-17(21-12-20-16)22-14-7-2-1-3-8-14/h4-6,9-10,12,14H,1-3,7-8,11H2,(H2,19,20,21,22). The Morgan fingerprint density at radius 3 is 2.64 bits per heavy atom. The van der Waals surface area contributed by atoms with Gasteiger partial charge in [0.05, 0.1) is 0 Å². The van der Waals surface area contributed by atoms with Crippen LogP contribution in [0.3, 0.4) is 0 Å². The van der Waals surface area contributed by atoms with E-state index in [1.165, 1.54) is 44.5 Å². The largest absolute Gasteiger partial charge is 0.367 e. The lowest BCUT2D eigenvalue weighted by molar-refractivity contribution is 0.462. The van der Waals surface area contributed by atoms with E-state index in [0.717, 1.165) is 5.82 Å². The van der Waals surface area contributed by atoms with Crippen LogP contribution in [0.1, 0.15) is 37.7 Å². The van der Waals surface area contributed by atoms with Gasteiger partial charge in [-0.1, -0.05) is 37.5 Å². The van der Waals surface area contributed by atoms with Crippen molar-refractivity contribution in [3.8, 4) is 0 Å². The second-order valence-corrected chi connectivity index (χ2v) is 5.71. The maximum atomic E-state index is 13.6. The molecule has 1 aliphatic rings. The van der Waals surface area contributed by atoms with Gasteiger partial charge in [0.15, 0.2) is 0 Å². The normalized spacial score (nSPS) is 15.5. The van der Waals surface area contributed by atoms with E-state index in [1.807, 2.05) is 12.1 Å². The van der Waals surface area contributed by atoms with Crippen molar-refractivity contribution in [2.24, 2.45) is 0 Å². The number of hydrogen-bond donors (Lipinski definition) is 2. The number of rotatable bonds is 5. The Kier molecular flexibility index (Phi) is 4.83. The monoisotopic (exact) mass is 300 g/mol. The number of hydrogen-bond acceptors (Lipinski definition) is 4. The summed E-state index contributed by atoms with van der Waals surface area (Å²) in [6.07, 6.45) is 7.82. The summed E-state index contributed by atoms with van der Waals surface area (Å²) >= 11 is 0. The van der Waals surface area contributed by atoms with Crippen LogP contribution in [0.15, 0.2) is 36.7 Å². The molecule has 2 N–H and O–H groups in total. The summed E-state index contributed by atoms with van der Waals surface area (Å²) < 4.78 is 13.6. The van der Waals surface area contributed by atoms with Gasteiger partial charge in [-0.05, 0) is 18.9 Å². The topological polar surface area (TPSA) is 49.8 Å². The highest BCUT2D eigenvalue weighted by molar-refractivity contribution is 5.47. The van der Waals surface area contributed by atoms with E-state index in [1.54, 1.807) is 12.1 Å². The number of nitrogens with zero attached hydrogens (tertiary/aromatic N) is 2. The average molecular weight is 300 g/mol. The van der Waals surface area contributed by atoms with Gasteiger partial charge >= 0.3 is 0 Å². The Labute approximate surface area is 130 Å². The Morgan fingerprint density at radius 1 is 1.05 bits per heavy atom. The van der Waals surface area contributed by atoms with Crippen molar-refractivity contribution < 1.29 is 4.39 Å². The molecule has 3 rings (SSSR count). The fraction of sp³-hybridized carbons (Fsp3) is 0.412. The summed E-state index contributed by atoms with van der Waals surface area (Å²) in [6, 6.07) is 9.14. The van der Waals surface area contributed by atoms with Gasteiger partial charge < -0.3 is 10.6 Å². The third-order valence-electron chi connectivity index (χ3n) is 4.04. The Balaban J connectivity index is 1.60. The van der Waals surface area contributed by atoms with Crippen molar-refractivity contribution in [2.45, 2.75) is 44.7 Å². The number of aromatic nitrogens is 2. The summed E-state index contributed by atoms with van der Waals surface area (Å²) in [5.41, 5.74) is 0.628. The zero-order chi connectivity index (χ0) is 15.2. The molecule has 1 saturated carbocycles. The van der Waals surface area contributed by atoms with Gasteiger partial charge in [0, 0.05) is 24.2 Å². The van der Waals surface area contributed by atoms with E-state index in [-0.39, 0.29) is 5.82 Å². The number of nitrogens with one attached hydrogen (secondary N) is 2. The highest BCUT2D eigenvalue weighted by Gasteiger charge is 2.13. The molecule has 0 unspecified atom stereocenters. The van der Waals surface area contributed by atoms with Gasteiger partial charge in [0.1, 0.15) is 23.8 Å². The molecule has 22 heavy (non-hydrogen) atoms. The van der Waals surface area contributed by atoms with Crippen molar-refractivity contribution in [3.63, 3.8) is 0 Å². The first-order valence-corrected chi connectivity index (χ1v) is 7.87. The van der Waals surface area contributed by atoms with E-state index < -0.39 is 0 Å². The van der Waals surface area contributed by atoms with Crippen molar-refractivity contribution >= 4 is 11.6 Å². The average Bonchev–Trinajstić information content (AvgIpc) is 2.55. The SMILES string of the molecule is Fc1ccccc1CNc1cc(NC2CCCCC2)ncn1. The second-order valence-electron chi connectivity index (χ2n) is 5.71. The molecule has 0 radical (unpaired) electrons. The molecular formula is C17H21FN4. The predicted octanol–water partition coefficient (Wildman–Crippen LogP) is 3.97. The Morgan fingerprint density at radius 2 is 1.82 bits per heavy atom. The quantitative estimate of drug-likeness (QED) is 0.877.